The largest absolute Gasteiger partial charge is 0.419 e. The monoisotopic (exact) mass is 275 g/mol. The van der Waals surface area contributed by atoms with Crippen LogP contribution in [-0.2, 0) is 6.54 Å². The molecule has 0 spiro atoms. The number of nitrogens with zero attached hydrogens (tertiary/aromatic N) is 3. The molecule has 100 valence electrons. The molecule has 1 saturated heterocycles. The minimum Gasteiger partial charge on any atom is -0.419 e. The van der Waals surface area contributed by atoms with Gasteiger partial charge in [-0.2, -0.15) is 11.8 Å². The van der Waals surface area contributed by atoms with Gasteiger partial charge in [-0.05, 0) is 19.1 Å². The van der Waals surface area contributed by atoms with Crippen molar-refractivity contribution in [3.05, 3.63) is 35.7 Å². The molecule has 1 aliphatic heterocycles. The van der Waals surface area contributed by atoms with Crippen molar-refractivity contribution in [3.8, 4) is 11.5 Å². The van der Waals surface area contributed by atoms with Gasteiger partial charge in [-0.3, -0.25) is 4.90 Å². The van der Waals surface area contributed by atoms with Crippen LogP contribution in [0.15, 0.2) is 28.7 Å². The Bertz CT molecular complexity index is 532. The van der Waals surface area contributed by atoms with Crippen molar-refractivity contribution in [3.63, 3.8) is 0 Å². The van der Waals surface area contributed by atoms with Crippen LogP contribution in [0.3, 0.4) is 0 Å². The first-order chi connectivity index (χ1) is 9.31. The Morgan fingerprint density at radius 3 is 2.63 bits per heavy atom. The highest BCUT2D eigenvalue weighted by Gasteiger charge is 2.15. The number of hydrogen-bond acceptors (Lipinski definition) is 5. The molecule has 0 N–H and O–H groups in total. The molecule has 3 rings (SSSR count). The summed E-state index contributed by atoms with van der Waals surface area (Å²) in [6, 6.07) is 8.15. The van der Waals surface area contributed by atoms with Crippen LogP contribution in [0.4, 0.5) is 0 Å². The third-order valence-corrected chi connectivity index (χ3v) is 4.17. The molecular weight excluding hydrogens is 258 g/mol. The van der Waals surface area contributed by atoms with Gasteiger partial charge in [0.15, 0.2) is 0 Å². The highest BCUT2D eigenvalue weighted by Crippen LogP contribution is 2.19. The summed E-state index contributed by atoms with van der Waals surface area (Å²) >= 11 is 2.00. The lowest BCUT2D eigenvalue weighted by Gasteiger charge is -2.24. The fraction of sp³-hybridized carbons (Fsp3) is 0.429. The highest BCUT2D eigenvalue weighted by atomic mass is 32.2. The van der Waals surface area contributed by atoms with Gasteiger partial charge in [-0.25, -0.2) is 0 Å². The standard InChI is InChI=1S/C14H17N3OS/c1-11-2-4-12(5-3-11)14-16-15-13(18-14)10-17-6-8-19-9-7-17/h2-5H,6-10H2,1H3. The van der Waals surface area contributed by atoms with Gasteiger partial charge in [0, 0.05) is 30.2 Å². The molecule has 19 heavy (non-hydrogen) atoms. The summed E-state index contributed by atoms with van der Waals surface area (Å²) in [5.74, 6) is 3.71. The second-order valence-corrected chi connectivity index (χ2v) is 5.98. The van der Waals surface area contributed by atoms with Crippen LogP contribution in [0.2, 0.25) is 0 Å². The van der Waals surface area contributed by atoms with E-state index in [2.05, 4.69) is 34.2 Å². The summed E-state index contributed by atoms with van der Waals surface area (Å²) in [7, 11) is 0. The topological polar surface area (TPSA) is 42.2 Å². The van der Waals surface area contributed by atoms with Crippen molar-refractivity contribution in [2.75, 3.05) is 24.6 Å². The maximum atomic E-state index is 5.74. The van der Waals surface area contributed by atoms with E-state index in [1.807, 2.05) is 23.9 Å². The molecule has 5 heteroatoms. The van der Waals surface area contributed by atoms with Crippen molar-refractivity contribution in [2.24, 2.45) is 0 Å². The van der Waals surface area contributed by atoms with E-state index in [0.29, 0.717) is 11.8 Å². The fourth-order valence-corrected chi connectivity index (χ4v) is 3.06. The number of rotatable bonds is 3. The van der Waals surface area contributed by atoms with Crippen molar-refractivity contribution < 1.29 is 4.42 Å². The molecule has 0 saturated carbocycles. The third-order valence-electron chi connectivity index (χ3n) is 3.23. The Morgan fingerprint density at radius 2 is 1.89 bits per heavy atom. The summed E-state index contributed by atoms with van der Waals surface area (Å²) < 4.78 is 5.74. The van der Waals surface area contributed by atoms with Gasteiger partial charge in [0.2, 0.25) is 11.8 Å². The van der Waals surface area contributed by atoms with Crippen LogP contribution in [0, 0.1) is 6.92 Å². The Labute approximate surface area is 117 Å². The van der Waals surface area contributed by atoms with E-state index in [4.69, 9.17) is 4.42 Å². The molecule has 0 bridgehead atoms. The Kier molecular flexibility index (Phi) is 3.84. The van der Waals surface area contributed by atoms with Crippen LogP contribution < -0.4 is 0 Å². The first kappa shape index (κ1) is 12.7. The summed E-state index contributed by atoms with van der Waals surface area (Å²) in [5, 5.41) is 8.28. The fourth-order valence-electron chi connectivity index (χ4n) is 2.08. The molecule has 2 aromatic rings. The quantitative estimate of drug-likeness (QED) is 0.861. The maximum absolute atomic E-state index is 5.74. The van der Waals surface area contributed by atoms with Crippen molar-refractivity contribution in [2.45, 2.75) is 13.5 Å². The normalized spacial score (nSPS) is 16.7. The minimum absolute atomic E-state index is 0.612. The predicted molar refractivity (Wildman–Crippen MR) is 77.1 cm³/mol. The van der Waals surface area contributed by atoms with Gasteiger partial charge >= 0.3 is 0 Å². The number of hydrogen-bond donors (Lipinski definition) is 0. The van der Waals surface area contributed by atoms with E-state index < -0.39 is 0 Å². The minimum atomic E-state index is 0.612. The van der Waals surface area contributed by atoms with Crippen molar-refractivity contribution in [1.29, 1.82) is 0 Å². The zero-order valence-electron chi connectivity index (χ0n) is 11.0. The number of benzene rings is 1. The molecule has 0 aliphatic carbocycles. The first-order valence-electron chi connectivity index (χ1n) is 6.51. The number of aromatic nitrogens is 2. The molecule has 1 aliphatic rings. The predicted octanol–water partition coefficient (Wildman–Crippen LogP) is 2.59. The van der Waals surface area contributed by atoms with Crippen LogP contribution >= 0.6 is 11.8 Å². The molecule has 0 radical (unpaired) electrons. The van der Waals surface area contributed by atoms with E-state index in [-0.39, 0.29) is 0 Å². The Hall–Kier alpha value is -1.33. The van der Waals surface area contributed by atoms with Gasteiger partial charge in [0.1, 0.15) is 0 Å². The maximum Gasteiger partial charge on any atom is 0.247 e. The van der Waals surface area contributed by atoms with Gasteiger partial charge in [0.05, 0.1) is 6.54 Å². The van der Waals surface area contributed by atoms with E-state index in [1.165, 1.54) is 17.1 Å². The van der Waals surface area contributed by atoms with E-state index in [1.54, 1.807) is 0 Å². The highest BCUT2D eigenvalue weighted by molar-refractivity contribution is 7.99. The van der Waals surface area contributed by atoms with E-state index in [9.17, 15) is 0 Å². The molecule has 0 unspecified atom stereocenters. The summed E-state index contributed by atoms with van der Waals surface area (Å²) in [5.41, 5.74) is 2.22. The van der Waals surface area contributed by atoms with Crippen LogP contribution in [0.5, 0.6) is 0 Å². The second-order valence-electron chi connectivity index (χ2n) is 4.76. The average Bonchev–Trinajstić information content (AvgIpc) is 2.89. The average molecular weight is 275 g/mol. The van der Waals surface area contributed by atoms with E-state index >= 15 is 0 Å². The third kappa shape index (κ3) is 3.16. The van der Waals surface area contributed by atoms with Crippen LogP contribution in [0.1, 0.15) is 11.5 Å². The lowest BCUT2D eigenvalue weighted by Crippen LogP contribution is -2.32. The first-order valence-corrected chi connectivity index (χ1v) is 7.66. The summed E-state index contributed by atoms with van der Waals surface area (Å²) in [6.07, 6.45) is 0. The van der Waals surface area contributed by atoms with Gasteiger partial charge in [-0.15, -0.1) is 10.2 Å². The Morgan fingerprint density at radius 1 is 1.16 bits per heavy atom. The SMILES string of the molecule is Cc1ccc(-c2nnc(CN3CCSCC3)o2)cc1. The molecule has 1 fully saturated rings. The molecular formula is C14H17N3OS. The van der Waals surface area contributed by atoms with Crippen LogP contribution in [-0.4, -0.2) is 39.7 Å². The zero-order valence-corrected chi connectivity index (χ0v) is 11.8. The van der Waals surface area contributed by atoms with Gasteiger partial charge < -0.3 is 4.42 Å². The molecule has 0 amide bonds. The number of thioether (sulfide) groups is 1. The summed E-state index contributed by atoms with van der Waals surface area (Å²) in [4.78, 5) is 2.36. The van der Waals surface area contributed by atoms with Crippen molar-refractivity contribution in [1.82, 2.24) is 15.1 Å². The summed E-state index contributed by atoms with van der Waals surface area (Å²) in [6.45, 7) is 5.04. The molecule has 1 aromatic heterocycles. The zero-order chi connectivity index (χ0) is 13.1. The lowest BCUT2D eigenvalue weighted by atomic mass is 10.1. The smallest absolute Gasteiger partial charge is 0.247 e. The van der Waals surface area contributed by atoms with Gasteiger partial charge in [-0.1, -0.05) is 17.7 Å². The van der Waals surface area contributed by atoms with Crippen molar-refractivity contribution >= 4 is 11.8 Å². The van der Waals surface area contributed by atoms with E-state index in [0.717, 1.165) is 25.2 Å². The lowest BCUT2D eigenvalue weighted by molar-refractivity contribution is 0.263. The molecule has 4 nitrogen and oxygen atoms in total. The number of aryl methyl sites for hydroxylation is 1. The second kappa shape index (κ2) is 5.75. The molecule has 2 heterocycles. The Balaban J connectivity index is 1.70. The molecule has 0 atom stereocenters. The van der Waals surface area contributed by atoms with Gasteiger partial charge in [0.25, 0.3) is 0 Å². The molecule has 1 aromatic carbocycles. The van der Waals surface area contributed by atoms with Crippen LogP contribution in [0.25, 0.3) is 11.5 Å².